The average molecular weight is 357 g/mol. The third-order valence-corrected chi connectivity index (χ3v) is 3.56. The Morgan fingerprint density at radius 1 is 1.24 bits per heavy atom. The van der Waals surface area contributed by atoms with E-state index in [1.54, 1.807) is 12.4 Å². The van der Waals surface area contributed by atoms with Gasteiger partial charge in [-0.05, 0) is 36.7 Å². The normalized spacial score (nSPS) is 16.2. The summed E-state index contributed by atoms with van der Waals surface area (Å²) in [5.41, 5.74) is -0.289. The maximum absolute atomic E-state index is 12.1. The fourth-order valence-electron chi connectivity index (χ4n) is 1.99. The van der Waals surface area contributed by atoms with Crippen LogP contribution in [0.25, 0.3) is 0 Å². The molecule has 0 N–H and O–H groups in total. The van der Waals surface area contributed by atoms with E-state index in [0.717, 1.165) is 17.6 Å². The summed E-state index contributed by atoms with van der Waals surface area (Å²) in [6.45, 7) is 8.80. The van der Waals surface area contributed by atoms with E-state index in [1.165, 1.54) is 0 Å². The molecule has 0 aliphatic carbocycles. The number of nitrogens with zero attached hydrogens (tertiary/aromatic N) is 4. The molecule has 0 aromatic carbocycles. The lowest BCUT2D eigenvalue weighted by atomic mass is 10.2. The van der Waals surface area contributed by atoms with Crippen molar-refractivity contribution in [3.63, 3.8) is 0 Å². The summed E-state index contributed by atoms with van der Waals surface area (Å²) in [6.07, 6.45) is 3.47. The van der Waals surface area contributed by atoms with Gasteiger partial charge in [-0.1, -0.05) is 0 Å². The first kappa shape index (κ1) is 16.2. The first-order valence-electron chi connectivity index (χ1n) is 6.99. The van der Waals surface area contributed by atoms with Crippen LogP contribution in [0.3, 0.4) is 0 Å². The van der Waals surface area contributed by atoms with Crippen LogP contribution < -0.4 is 4.90 Å². The molecule has 1 amide bonds. The number of halogens is 1. The molecular weight excluding hydrogens is 336 g/mol. The van der Waals surface area contributed by atoms with Gasteiger partial charge in [0, 0.05) is 38.6 Å². The second-order valence-corrected chi connectivity index (χ2v) is 6.89. The Bertz CT molecular complexity index is 479. The number of anilines is 1. The van der Waals surface area contributed by atoms with Gasteiger partial charge < -0.3 is 14.5 Å². The summed E-state index contributed by atoms with van der Waals surface area (Å²) in [6, 6.07) is 0. The second-order valence-electron chi connectivity index (χ2n) is 5.97. The van der Waals surface area contributed by atoms with E-state index in [0.29, 0.717) is 19.0 Å². The van der Waals surface area contributed by atoms with Crippen LogP contribution >= 0.6 is 15.9 Å². The molecule has 0 atom stereocenters. The Morgan fingerprint density at radius 2 is 1.81 bits per heavy atom. The minimum Gasteiger partial charge on any atom is -0.366 e. The molecule has 2 rings (SSSR count). The summed E-state index contributed by atoms with van der Waals surface area (Å²) in [7, 11) is 0. The van der Waals surface area contributed by atoms with Crippen molar-refractivity contribution in [2.45, 2.75) is 26.4 Å². The number of hydrogen-bond acceptors (Lipinski definition) is 5. The molecule has 1 aromatic rings. The number of carbonyl (C=O) groups is 1. The number of aromatic nitrogens is 2. The Morgan fingerprint density at radius 3 is 2.33 bits per heavy atom. The highest BCUT2D eigenvalue weighted by atomic mass is 79.9. The minimum atomic E-state index is -0.289. The van der Waals surface area contributed by atoms with Crippen molar-refractivity contribution < 1.29 is 9.53 Å². The van der Waals surface area contributed by atoms with E-state index in [-0.39, 0.29) is 18.1 Å². The van der Waals surface area contributed by atoms with Gasteiger partial charge in [0.25, 0.3) is 0 Å². The molecule has 1 aliphatic heterocycles. The standard InChI is InChI=1S/C14H21BrN4O2/c1-14(2,3)21-10-12(20)18-4-6-19(7-5-18)13-16-8-11(15)9-17-13/h8-9H,4-7,10H2,1-3H3. The summed E-state index contributed by atoms with van der Waals surface area (Å²) in [5.74, 6) is 0.748. The molecule has 0 spiro atoms. The molecule has 0 bridgehead atoms. The number of hydrogen-bond donors (Lipinski definition) is 0. The lowest BCUT2D eigenvalue weighted by Crippen LogP contribution is -2.50. The molecule has 6 nitrogen and oxygen atoms in total. The Kier molecular flexibility index (Phi) is 5.16. The van der Waals surface area contributed by atoms with Crippen LogP contribution in [0.5, 0.6) is 0 Å². The van der Waals surface area contributed by atoms with Gasteiger partial charge in [-0.3, -0.25) is 4.79 Å². The first-order valence-corrected chi connectivity index (χ1v) is 7.79. The largest absolute Gasteiger partial charge is 0.366 e. The van der Waals surface area contributed by atoms with Crippen LogP contribution in [0.4, 0.5) is 5.95 Å². The van der Waals surface area contributed by atoms with Gasteiger partial charge in [0.15, 0.2) is 0 Å². The maximum Gasteiger partial charge on any atom is 0.248 e. The van der Waals surface area contributed by atoms with Crippen molar-refractivity contribution in [3.8, 4) is 0 Å². The zero-order valence-electron chi connectivity index (χ0n) is 12.7. The minimum absolute atomic E-state index is 0.0429. The highest BCUT2D eigenvalue weighted by Gasteiger charge is 2.23. The van der Waals surface area contributed by atoms with E-state index in [1.807, 2.05) is 25.7 Å². The predicted octanol–water partition coefficient (Wildman–Crippen LogP) is 1.70. The molecule has 7 heteroatoms. The van der Waals surface area contributed by atoms with E-state index >= 15 is 0 Å². The van der Waals surface area contributed by atoms with Crippen molar-refractivity contribution in [1.29, 1.82) is 0 Å². The first-order chi connectivity index (χ1) is 9.85. The number of piperazine rings is 1. The smallest absolute Gasteiger partial charge is 0.248 e. The Labute approximate surface area is 133 Å². The van der Waals surface area contributed by atoms with E-state index < -0.39 is 0 Å². The molecular formula is C14H21BrN4O2. The molecule has 1 saturated heterocycles. The molecule has 1 fully saturated rings. The van der Waals surface area contributed by atoms with Crippen LogP contribution in [-0.2, 0) is 9.53 Å². The molecule has 1 aliphatic rings. The highest BCUT2D eigenvalue weighted by Crippen LogP contribution is 2.14. The summed E-state index contributed by atoms with van der Waals surface area (Å²) < 4.78 is 6.39. The van der Waals surface area contributed by atoms with Gasteiger partial charge in [0.2, 0.25) is 11.9 Å². The van der Waals surface area contributed by atoms with Crippen LogP contribution in [-0.4, -0.2) is 59.2 Å². The molecule has 116 valence electrons. The SMILES string of the molecule is CC(C)(C)OCC(=O)N1CCN(c2ncc(Br)cn2)CC1. The van der Waals surface area contributed by atoms with E-state index in [9.17, 15) is 4.79 Å². The van der Waals surface area contributed by atoms with Crippen molar-refractivity contribution in [3.05, 3.63) is 16.9 Å². The van der Waals surface area contributed by atoms with Crippen LogP contribution in [0.1, 0.15) is 20.8 Å². The monoisotopic (exact) mass is 356 g/mol. The zero-order chi connectivity index (χ0) is 15.5. The highest BCUT2D eigenvalue weighted by molar-refractivity contribution is 9.10. The third-order valence-electron chi connectivity index (χ3n) is 3.15. The number of ether oxygens (including phenoxy) is 1. The molecule has 21 heavy (non-hydrogen) atoms. The summed E-state index contributed by atoms with van der Waals surface area (Å²) >= 11 is 3.32. The quantitative estimate of drug-likeness (QED) is 0.824. The molecule has 0 saturated carbocycles. The number of amides is 1. The molecule has 1 aromatic heterocycles. The van der Waals surface area contributed by atoms with Crippen molar-refractivity contribution in [2.75, 3.05) is 37.7 Å². The predicted molar refractivity (Wildman–Crippen MR) is 84.2 cm³/mol. The van der Waals surface area contributed by atoms with Crippen molar-refractivity contribution in [2.24, 2.45) is 0 Å². The van der Waals surface area contributed by atoms with Gasteiger partial charge in [-0.2, -0.15) is 0 Å². The maximum atomic E-state index is 12.1. The van der Waals surface area contributed by atoms with E-state index in [4.69, 9.17) is 4.74 Å². The van der Waals surface area contributed by atoms with Gasteiger partial charge in [0.05, 0.1) is 10.1 Å². The topological polar surface area (TPSA) is 58.6 Å². The fraction of sp³-hybridized carbons (Fsp3) is 0.643. The Balaban J connectivity index is 1.82. The summed E-state index contributed by atoms with van der Waals surface area (Å²) in [5, 5.41) is 0. The zero-order valence-corrected chi connectivity index (χ0v) is 14.3. The lowest BCUT2D eigenvalue weighted by molar-refractivity contribution is -0.141. The molecule has 2 heterocycles. The average Bonchev–Trinajstić information content (AvgIpc) is 2.45. The number of carbonyl (C=O) groups excluding carboxylic acids is 1. The van der Waals surface area contributed by atoms with Gasteiger partial charge >= 0.3 is 0 Å². The third kappa shape index (κ3) is 4.93. The number of rotatable bonds is 3. The van der Waals surface area contributed by atoms with Gasteiger partial charge in [-0.25, -0.2) is 9.97 Å². The molecule has 0 unspecified atom stereocenters. The van der Waals surface area contributed by atoms with Gasteiger partial charge in [0.1, 0.15) is 6.61 Å². The Hall–Kier alpha value is -1.21. The van der Waals surface area contributed by atoms with E-state index in [2.05, 4.69) is 30.8 Å². The molecule has 0 radical (unpaired) electrons. The van der Waals surface area contributed by atoms with Crippen molar-refractivity contribution in [1.82, 2.24) is 14.9 Å². The van der Waals surface area contributed by atoms with Crippen molar-refractivity contribution >= 4 is 27.8 Å². The summed E-state index contributed by atoms with van der Waals surface area (Å²) in [4.78, 5) is 24.6. The van der Waals surface area contributed by atoms with Crippen LogP contribution in [0.15, 0.2) is 16.9 Å². The van der Waals surface area contributed by atoms with Crippen LogP contribution in [0, 0.1) is 0 Å². The lowest BCUT2D eigenvalue weighted by Gasteiger charge is -2.35. The second kappa shape index (κ2) is 6.70. The van der Waals surface area contributed by atoms with Crippen LogP contribution in [0.2, 0.25) is 0 Å². The van der Waals surface area contributed by atoms with Gasteiger partial charge in [-0.15, -0.1) is 0 Å². The fourth-order valence-corrected chi connectivity index (χ4v) is 2.20.